The number of methoxy groups -OCH3 is 3. The van der Waals surface area contributed by atoms with Crippen LogP contribution in [-0.4, -0.2) is 44.7 Å². The van der Waals surface area contributed by atoms with Gasteiger partial charge in [-0.05, 0) is 37.3 Å². The molecule has 2 atom stereocenters. The standard InChI is InChI=1S/C23H30N2O5/c1-14-9-18(14)19-8-7-17(30-19)12-25(16-5-6-16)13-22(26)24-15-10-20(27-2)23(29-4)21(11-15)28-3/h7-8,10-11,14,16,18H,5-6,9,12-13H2,1-4H3,(H,24,26). The van der Waals surface area contributed by atoms with Gasteiger partial charge in [-0.15, -0.1) is 0 Å². The first-order chi connectivity index (χ1) is 14.5. The van der Waals surface area contributed by atoms with Gasteiger partial charge in [0.1, 0.15) is 11.5 Å². The SMILES string of the molecule is COc1cc(NC(=O)CN(Cc2ccc(C3CC3C)o2)C2CC2)cc(OC)c1OC. The molecule has 0 aliphatic heterocycles. The number of hydrogen-bond acceptors (Lipinski definition) is 6. The quantitative estimate of drug-likeness (QED) is 0.633. The number of anilines is 1. The molecule has 2 aliphatic rings. The molecule has 1 amide bonds. The number of benzene rings is 1. The maximum Gasteiger partial charge on any atom is 0.238 e. The number of nitrogens with zero attached hydrogens (tertiary/aromatic N) is 1. The van der Waals surface area contributed by atoms with E-state index in [4.69, 9.17) is 18.6 Å². The summed E-state index contributed by atoms with van der Waals surface area (Å²) in [6, 6.07) is 8.04. The molecule has 1 aromatic carbocycles. The summed E-state index contributed by atoms with van der Waals surface area (Å²) in [6.07, 6.45) is 3.44. The fourth-order valence-corrected chi connectivity index (χ4v) is 3.89. The maximum absolute atomic E-state index is 12.8. The Labute approximate surface area is 177 Å². The molecular weight excluding hydrogens is 384 g/mol. The number of carbonyl (C=O) groups is 1. The van der Waals surface area contributed by atoms with Crippen molar-refractivity contribution < 1.29 is 23.4 Å². The van der Waals surface area contributed by atoms with Crippen molar-refractivity contribution in [2.45, 2.75) is 44.7 Å². The van der Waals surface area contributed by atoms with Crippen molar-refractivity contribution in [2.75, 3.05) is 33.2 Å². The summed E-state index contributed by atoms with van der Waals surface area (Å²) in [6.45, 7) is 3.20. The summed E-state index contributed by atoms with van der Waals surface area (Å²) in [5.41, 5.74) is 0.605. The number of ether oxygens (including phenoxy) is 3. The van der Waals surface area contributed by atoms with Gasteiger partial charge in [0.2, 0.25) is 11.7 Å². The minimum Gasteiger partial charge on any atom is -0.493 e. The van der Waals surface area contributed by atoms with Gasteiger partial charge in [-0.3, -0.25) is 9.69 Å². The number of rotatable bonds is 10. The molecule has 2 aromatic rings. The number of hydrogen-bond donors (Lipinski definition) is 1. The first kappa shape index (κ1) is 20.6. The summed E-state index contributed by atoms with van der Waals surface area (Å²) in [5.74, 6) is 4.71. The molecule has 0 spiro atoms. The lowest BCUT2D eigenvalue weighted by Crippen LogP contribution is -2.34. The highest BCUT2D eigenvalue weighted by molar-refractivity contribution is 5.93. The molecule has 2 saturated carbocycles. The molecule has 0 bridgehead atoms. The normalized spacial score (nSPS) is 20.2. The topological polar surface area (TPSA) is 73.2 Å². The van der Waals surface area contributed by atoms with Crippen molar-refractivity contribution in [3.05, 3.63) is 35.8 Å². The zero-order valence-electron chi connectivity index (χ0n) is 18.1. The van der Waals surface area contributed by atoms with E-state index < -0.39 is 0 Å². The highest BCUT2D eigenvalue weighted by Crippen LogP contribution is 2.47. The molecule has 2 fully saturated rings. The average molecular weight is 415 g/mol. The molecule has 2 aliphatic carbocycles. The number of amides is 1. The van der Waals surface area contributed by atoms with Crippen LogP contribution in [-0.2, 0) is 11.3 Å². The molecule has 1 aromatic heterocycles. The average Bonchev–Trinajstić information content (AvgIpc) is 3.66. The van der Waals surface area contributed by atoms with Crippen LogP contribution in [0.15, 0.2) is 28.7 Å². The van der Waals surface area contributed by atoms with Crippen molar-refractivity contribution >= 4 is 11.6 Å². The molecular formula is C23H30N2O5. The fraction of sp³-hybridized carbons (Fsp3) is 0.522. The monoisotopic (exact) mass is 414 g/mol. The molecule has 1 N–H and O–H groups in total. The first-order valence-electron chi connectivity index (χ1n) is 10.4. The number of nitrogens with one attached hydrogen (secondary N) is 1. The summed E-state index contributed by atoms with van der Waals surface area (Å²) < 4.78 is 22.1. The van der Waals surface area contributed by atoms with Crippen LogP contribution < -0.4 is 19.5 Å². The van der Waals surface area contributed by atoms with Gasteiger partial charge in [0.15, 0.2) is 11.5 Å². The third-order valence-corrected chi connectivity index (χ3v) is 5.87. The van der Waals surface area contributed by atoms with Crippen LogP contribution in [0.5, 0.6) is 17.2 Å². The van der Waals surface area contributed by atoms with Crippen LogP contribution in [0, 0.1) is 5.92 Å². The van der Waals surface area contributed by atoms with E-state index in [0.717, 1.165) is 24.4 Å². The molecule has 7 heteroatoms. The summed E-state index contributed by atoms with van der Waals surface area (Å²) in [4.78, 5) is 15.0. The Morgan fingerprint density at radius 1 is 1.13 bits per heavy atom. The van der Waals surface area contributed by atoms with Crippen LogP contribution in [0.25, 0.3) is 0 Å². The Morgan fingerprint density at radius 2 is 1.80 bits per heavy atom. The minimum absolute atomic E-state index is 0.0845. The lowest BCUT2D eigenvalue weighted by Gasteiger charge is -2.20. The summed E-state index contributed by atoms with van der Waals surface area (Å²) in [7, 11) is 4.66. The van der Waals surface area contributed by atoms with Gasteiger partial charge in [0.25, 0.3) is 0 Å². The molecule has 0 saturated heterocycles. The second-order valence-electron chi connectivity index (χ2n) is 8.22. The van der Waals surface area contributed by atoms with E-state index in [-0.39, 0.29) is 5.91 Å². The first-order valence-corrected chi connectivity index (χ1v) is 10.4. The second-order valence-corrected chi connectivity index (χ2v) is 8.22. The lowest BCUT2D eigenvalue weighted by molar-refractivity contribution is -0.117. The molecule has 2 unspecified atom stereocenters. The number of carbonyl (C=O) groups excluding carboxylic acids is 1. The van der Waals surface area contributed by atoms with Crippen LogP contribution >= 0.6 is 0 Å². The Balaban J connectivity index is 1.41. The van der Waals surface area contributed by atoms with E-state index in [1.807, 2.05) is 6.07 Å². The Hall–Kier alpha value is -2.67. The van der Waals surface area contributed by atoms with Crippen molar-refractivity contribution in [3.8, 4) is 17.2 Å². The zero-order valence-corrected chi connectivity index (χ0v) is 18.1. The number of furan rings is 1. The van der Waals surface area contributed by atoms with Crippen molar-refractivity contribution in [3.63, 3.8) is 0 Å². The van der Waals surface area contributed by atoms with Crippen LogP contribution in [0.1, 0.15) is 43.6 Å². The third-order valence-electron chi connectivity index (χ3n) is 5.87. The van der Waals surface area contributed by atoms with E-state index in [1.54, 1.807) is 33.5 Å². The van der Waals surface area contributed by atoms with Crippen LogP contribution in [0.4, 0.5) is 5.69 Å². The van der Waals surface area contributed by atoms with Crippen LogP contribution in [0.3, 0.4) is 0 Å². The molecule has 0 radical (unpaired) electrons. The molecule has 30 heavy (non-hydrogen) atoms. The van der Waals surface area contributed by atoms with E-state index in [9.17, 15) is 4.79 Å². The fourth-order valence-electron chi connectivity index (χ4n) is 3.89. The maximum atomic E-state index is 12.8. The predicted molar refractivity (Wildman–Crippen MR) is 113 cm³/mol. The van der Waals surface area contributed by atoms with Gasteiger partial charge in [-0.25, -0.2) is 0 Å². The van der Waals surface area contributed by atoms with Gasteiger partial charge in [0.05, 0.1) is 34.4 Å². The molecule has 162 valence electrons. The lowest BCUT2D eigenvalue weighted by atomic mass is 10.2. The van der Waals surface area contributed by atoms with E-state index in [1.165, 1.54) is 6.42 Å². The smallest absolute Gasteiger partial charge is 0.238 e. The van der Waals surface area contributed by atoms with Gasteiger partial charge >= 0.3 is 0 Å². The Morgan fingerprint density at radius 3 is 2.33 bits per heavy atom. The van der Waals surface area contributed by atoms with E-state index in [2.05, 4.69) is 23.2 Å². The van der Waals surface area contributed by atoms with E-state index >= 15 is 0 Å². The highest BCUT2D eigenvalue weighted by Gasteiger charge is 2.37. The van der Waals surface area contributed by atoms with Gasteiger partial charge in [0, 0.05) is 29.8 Å². The van der Waals surface area contributed by atoms with Crippen LogP contribution in [0.2, 0.25) is 0 Å². The highest BCUT2D eigenvalue weighted by atomic mass is 16.5. The van der Waals surface area contributed by atoms with E-state index in [0.29, 0.717) is 53.9 Å². The van der Waals surface area contributed by atoms with Crippen molar-refractivity contribution in [2.24, 2.45) is 5.92 Å². The molecule has 4 rings (SSSR count). The molecule has 1 heterocycles. The summed E-state index contributed by atoms with van der Waals surface area (Å²) >= 11 is 0. The largest absolute Gasteiger partial charge is 0.493 e. The van der Waals surface area contributed by atoms with Gasteiger partial charge in [-0.1, -0.05) is 6.92 Å². The predicted octanol–water partition coefficient (Wildman–Crippen LogP) is 4.03. The third kappa shape index (κ3) is 4.56. The van der Waals surface area contributed by atoms with Crippen molar-refractivity contribution in [1.29, 1.82) is 0 Å². The molecule has 7 nitrogen and oxygen atoms in total. The van der Waals surface area contributed by atoms with Gasteiger partial charge in [-0.2, -0.15) is 0 Å². The summed E-state index contributed by atoms with van der Waals surface area (Å²) in [5, 5.41) is 2.95. The minimum atomic E-state index is -0.0845. The van der Waals surface area contributed by atoms with Crippen molar-refractivity contribution in [1.82, 2.24) is 4.90 Å². The van der Waals surface area contributed by atoms with Gasteiger partial charge < -0.3 is 23.9 Å². The Kier molecular flexibility index (Phi) is 5.90. The Bertz CT molecular complexity index is 880. The second kappa shape index (κ2) is 8.60. The zero-order chi connectivity index (χ0) is 21.3.